The van der Waals surface area contributed by atoms with Crippen LogP contribution in [0.25, 0.3) is 0 Å². The van der Waals surface area contributed by atoms with Crippen molar-refractivity contribution in [1.82, 2.24) is 9.97 Å². The van der Waals surface area contributed by atoms with E-state index in [4.69, 9.17) is 9.47 Å². The number of ether oxygens (including phenoxy) is 2. The van der Waals surface area contributed by atoms with Gasteiger partial charge in [0.25, 0.3) is 0 Å². The first kappa shape index (κ1) is 24.6. The first-order valence-corrected chi connectivity index (χ1v) is 11.8. The van der Waals surface area contributed by atoms with Crippen LogP contribution in [-0.2, 0) is 6.18 Å². The van der Waals surface area contributed by atoms with Crippen LogP contribution in [-0.4, -0.2) is 22.2 Å². The van der Waals surface area contributed by atoms with E-state index in [0.29, 0.717) is 22.9 Å². The van der Waals surface area contributed by atoms with Gasteiger partial charge < -0.3 is 20.1 Å². The summed E-state index contributed by atoms with van der Waals surface area (Å²) in [5.74, 6) is 0.886. The summed E-state index contributed by atoms with van der Waals surface area (Å²) in [4.78, 5) is 8.03. The van der Waals surface area contributed by atoms with E-state index in [2.05, 4.69) is 20.6 Å². The van der Waals surface area contributed by atoms with Crippen LogP contribution >= 0.6 is 0 Å². The number of benzene rings is 2. The average molecular weight is 487 g/mol. The van der Waals surface area contributed by atoms with E-state index in [0.717, 1.165) is 38.3 Å². The largest absolute Gasteiger partial charge is 0.491 e. The number of nitrogens with one attached hydrogen (secondary N) is 2. The maximum atomic E-state index is 13.7. The highest BCUT2D eigenvalue weighted by atomic mass is 19.4. The zero-order valence-electron chi connectivity index (χ0n) is 19.7. The third kappa shape index (κ3) is 6.55. The van der Waals surface area contributed by atoms with Gasteiger partial charge >= 0.3 is 6.18 Å². The van der Waals surface area contributed by atoms with Gasteiger partial charge in [-0.2, -0.15) is 18.2 Å². The van der Waals surface area contributed by atoms with Crippen LogP contribution < -0.4 is 20.1 Å². The number of hydrogen-bond acceptors (Lipinski definition) is 6. The van der Waals surface area contributed by atoms with Crippen molar-refractivity contribution in [2.24, 2.45) is 0 Å². The monoisotopic (exact) mass is 486 g/mol. The predicted octanol–water partition coefficient (Wildman–Crippen LogP) is 7.48. The lowest BCUT2D eigenvalue weighted by Crippen LogP contribution is -2.14. The number of para-hydroxylation sites is 2. The van der Waals surface area contributed by atoms with E-state index < -0.39 is 11.7 Å². The molecule has 0 saturated heterocycles. The fraction of sp³-hybridized carbons (Fsp3) is 0.385. The molecule has 0 bridgehead atoms. The minimum absolute atomic E-state index is 0.0327. The Morgan fingerprint density at radius 3 is 2.43 bits per heavy atom. The van der Waals surface area contributed by atoms with Crippen LogP contribution in [0.15, 0.2) is 54.7 Å². The normalized spacial score (nSPS) is 15.0. The van der Waals surface area contributed by atoms with Crippen molar-refractivity contribution >= 4 is 23.1 Å². The Hall–Kier alpha value is -3.49. The highest BCUT2D eigenvalue weighted by molar-refractivity contribution is 5.67. The standard InChI is InChI=1S/C26H29F3N4O2/c1-3-17(2)34-20-14-12-18(13-15-20)31-25-30-16-21(26(27,28)29)24(33-25)32-22-10-6-7-11-23(22)35-19-8-4-5-9-19/h6-7,10-17,19H,3-5,8-9H2,1-2H3,(H2,30,31,32,33). The summed E-state index contributed by atoms with van der Waals surface area (Å²) in [6.45, 7) is 4.01. The Morgan fingerprint density at radius 1 is 1.03 bits per heavy atom. The number of anilines is 4. The summed E-state index contributed by atoms with van der Waals surface area (Å²) in [5.41, 5.74) is 0.0780. The molecule has 6 nitrogen and oxygen atoms in total. The van der Waals surface area contributed by atoms with Gasteiger partial charge in [-0.25, -0.2) is 4.98 Å². The van der Waals surface area contributed by atoms with Crippen molar-refractivity contribution in [3.63, 3.8) is 0 Å². The smallest absolute Gasteiger partial charge is 0.421 e. The Balaban J connectivity index is 1.56. The molecule has 9 heteroatoms. The van der Waals surface area contributed by atoms with Crippen LogP contribution in [0.3, 0.4) is 0 Å². The third-order valence-corrected chi connectivity index (χ3v) is 5.85. The molecule has 1 heterocycles. The fourth-order valence-electron chi connectivity index (χ4n) is 3.79. The number of hydrogen-bond donors (Lipinski definition) is 2. The maximum absolute atomic E-state index is 13.7. The molecule has 1 aromatic heterocycles. The molecule has 2 aromatic carbocycles. The first-order chi connectivity index (χ1) is 16.8. The molecule has 0 amide bonds. The van der Waals surface area contributed by atoms with Gasteiger partial charge in [-0.15, -0.1) is 0 Å². The summed E-state index contributed by atoms with van der Waals surface area (Å²) in [6.07, 6.45) is 1.22. The van der Waals surface area contributed by atoms with Crippen molar-refractivity contribution in [3.8, 4) is 11.5 Å². The molecule has 1 saturated carbocycles. The SMILES string of the molecule is CCC(C)Oc1ccc(Nc2ncc(C(F)(F)F)c(Nc3ccccc3OC3CCCC3)n2)cc1. The lowest BCUT2D eigenvalue weighted by atomic mass is 10.2. The number of alkyl halides is 3. The van der Waals surface area contributed by atoms with Crippen LogP contribution in [0.5, 0.6) is 11.5 Å². The van der Waals surface area contributed by atoms with Gasteiger partial charge in [-0.1, -0.05) is 19.1 Å². The molecule has 1 aliphatic rings. The molecule has 0 radical (unpaired) electrons. The molecule has 1 fully saturated rings. The summed E-state index contributed by atoms with van der Waals surface area (Å²) in [6, 6.07) is 14.0. The molecule has 1 aliphatic carbocycles. The van der Waals surface area contributed by atoms with Crippen molar-refractivity contribution in [2.45, 2.75) is 64.3 Å². The van der Waals surface area contributed by atoms with E-state index in [1.807, 2.05) is 13.8 Å². The van der Waals surface area contributed by atoms with Crippen LogP contribution in [0.4, 0.5) is 36.3 Å². The topological polar surface area (TPSA) is 68.3 Å². The zero-order valence-corrected chi connectivity index (χ0v) is 19.7. The van der Waals surface area contributed by atoms with Crippen LogP contribution in [0.1, 0.15) is 51.5 Å². The molecule has 0 spiro atoms. The Labute approximate surface area is 202 Å². The summed E-state index contributed by atoms with van der Waals surface area (Å²) in [5, 5.41) is 5.79. The van der Waals surface area contributed by atoms with Gasteiger partial charge in [0.2, 0.25) is 5.95 Å². The molecule has 1 unspecified atom stereocenters. The van der Waals surface area contributed by atoms with Gasteiger partial charge in [0, 0.05) is 11.9 Å². The second-order valence-electron chi connectivity index (χ2n) is 8.59. The van der Waals surface area contributed by atoms with E-state index in [9.17, 15) is 13.2 Å². The minimum atomic E-state index is -4.63. The van der Waals surface area contributed by atoms with Gasteiger partial charge in [-0.3, -0.25) is 0 Å². The van der Waals surface area contributed by atoms with Gasteiger partial charge in [0.1, 0.15) is 22.9 Å². The predicted molar refractivity (Wildman–Crippen MR) is 130 cm³/mol. The lowest BCUT2D eigenvalue weighted by molar-refractivity contribution is -0.137. The van der Waals surface area contributed by atoms with Crippen molar-refractivity contribution in [2.75, 3.05) is 10.6 Å². The number of aromatic nitrogens is 2. The first-order valence-electron chi connectivity index (χ1n) is 11.8. The zero-order chi connectivity index (χ0) is 24.8. The summed E-state index contributed by atoms with van der Waals surface area (Å²) in [7, 11) is 0. The van der Waals surface area contributed by atoms with E-state index in [1.165, 1.54) is 0 Å². The van der Waals surface area contributed by atoms with Crippen LogP contribution in [0.2, 0.25) is 0 Å². The lowest BCUT2D eigenvalue weighted by Gasteiger charge is -2.19. The van der Waals surface area contributed by atoms with E-state index in [-0.39, 0.29) is 24.0 Å². The summed E-state index contributed by atoms with van der Waals surface area (Å²) >= 11 is 0. The molecule has 3 aromatic rings. The number of halogens is 3. The molecule has 1 atom stereocenters. The molecule has 4 rings (SSSR count). The second-order valence-corrected chi connectivity index (χ2v) is 8.59. The number of nitrogens with zero attached hydrogens (tertiary/aromatic N) is 2. The van der Waals surface area contributed by atoms with Crippen molar-refractivity contribution in [3.05, 3.63) is 60.3 Å². The molecular weight excluding hydrogens is 457 g/mol. The molecule has 35 heavy (non-hydrogen) atoms. The Kier molecular flexibility index (Phi) is 7.63. The van der Waals surface area contributed by atoms with Crippen molar-refractivity contribution < 1.29 is 22.6 Å². The number of rotatable bonds is 9. The van der Waals surface area contributed by atoms with E-state index in [1.54, 1.807) is 48.5 Å². The highest BCUT2D eigenvalue weighted by Crippen LogP contribution is 2.38. The Morgan fingerprint density at radius 2 is 1.74 bits per heavy atom. The third-order valence-electron chi connectivity index (χ3n) is 5.85. The highest BCUT2D eigenvalue weighted by Gasteiger charge is 2.35. The van der Waals surface area contributed by atoms with Gasteiger partial charge in [-0.05, 0) is 75.4 Å². The average Bonchev–Trinajstić information content (AvgIpc) is 3.34. The molecule has 0 aliphatic heterocycles. The maximum Gasteiger partial charge on any atom is 0.421 e. The quantitative estimate of drug-likeness (QED) is 0.327. The molecular formula is C26H29F3N4O2. The second kappa shape index (κ2) is 10.8. The van der Waals surface area contributed by atoms with Crippen molar-refractivity contribution in [1.29, 1.82) is 0 Å². The van der Waals surface area contributed by atoms with Crippen LogP contribution in [0, 0.1) is 0 Å². The summed E-state index contributed by atoms with van der Waals surface area (Å²) < 4.78 is 53.0. The molecule has 2 N–H and O–H groups in total. The minimum Gasteiger partial charge on any atom is -0.491 e. The van der Waals surface area contributed by atoms with E-state index >= 15 is 0 Å². The van der Waals surface area contributed by atoms with Gasteiger partial charge in [0.15, 0.2) is 0 Å². The fourth-order valence-corrected chi connectivity index (χ4v) is 3.79. The molecule has 186 valence electrons. The van der Waals surface area contributed by atoms with Gasteiger partial charge in [0.05, 0.1) is 17.9 Å². The Bertz CT molecular complexity index is 1120.